The second-order valence-electron chi connectivity index (χ2n) is 6.90. The highest BCUT2D eigenvalue weighted by Crippen LogP contribution is 2.38. The van der Waals surface area contributed by atoms with E-state index < -0.39 is 0 Å². The molecule has 2 heterocycles. The molecule has 0 aliphatic rings. The fourth-order valence-corrected chi connectivity index (χ4v) is 3.37. The molecule has 8 nitrogen and oxygen atoms in total. The van der Waals surface area contributed by atoms with E-state index in [2.05, 4.69) is 16.4 Å². The van der Waals surface area contributed by atoms with Gasteiger partial charge in [-0.3, -0.25) is 4.98 Å². The van der Waals surface area contributed by atoms with Gasteiger partial charge in [-0.25, -0.2) is 0 Å². The maximum absolute atomic E-state index is 9.68. The molecular weight excluding hydrogens is 410 g/mol. The number of rotatable bonds is 10. The van der Waals surface area contributed by atoms with Gasteiger partial charge in [0.25, 0.3) is 0 Å². The number of anilines is 2. The van der Waals surface area contributed by atoms with E-state index in [1.54, 1.807) is 26.5 Å². The Kier molecular flexibility index (Phi) is 6.70. The van der Waals surface area contributed by atoms with Gasteiger partial charge in [-0.1, -0.05) is 12.1 Å². The summed E-state index contributed by atoms with van der Waals surface area (Å²) in [6, 6.07) is 13.5. The zero-order valence-corrected chi connectivity index (χ0v) is 17.9. The Hall–Kier alpha value is -3.80. The van der Waals surface area contributed by atoms with Crippen molar-refractivity contribution in [2.45, 2.75) is 0 Å². The highest BCUT2D eigenvalue weighted by molar-refractivity contribution is 6.00. The van der Waals surface area contributed by atoms with E-state index in [-0.39, 0.29) is 0 Å². The van der Waals surface area contributed by atoms with Gasteiger partial charge in [0.1, 0.15) is 12.7 Å². The Morgan fingerprint density at radius 1 is 1.06 bits per heavy atom. The van der Waals surface area contributed by atoms with Crippen molar-refractivity contribution >= 4 is 33.2 Å². The van der Waals surface area contributed by atoms with E-state index in [1.165, 1.54) is 6.20 Å². The van der Waals surface area contributed by atoms with Crippen LogP contribution >= 0.6 is 0 Å². The molecule has 2 aromatic heterocycles. The first-order valence-corrected chi connectivity index (χ1v) is 10.1. The first-order valence-electron chi connectivity index (χ1n) is 10.1. The van der Waals surface area contributed by atoms with Gasteiger partial charge in [0, 0.05) is 30.1 Å². The second-order valence-corrected chi connectivity index (χ2v) is 6.90. The monoisotopic (exact) mass is 433 g/mol. The Morgan fingerprint density at radius 2 is 1.94 bits per heavy atom. The molecule has 4 aromatic rings. The Morgan fingerprint density at radius 3 is 2.75 bits per heavy atom. The topological polar surface area (TPSA) is 98.8 Å². The van der Waals surface area contributed by atoms with Crippen molar-refractivity contribution in [3.8, 4) is 17.6 Å². The number of hydrogen-bond acceptors (Lipinski definition) is 8. The van der Waals surface area contributed by atoms with Crippen molar-refractivity contribution < 1.29 is 23.4 Å². The van der Waals surface area contributed by atoms with E-state index in [0.29, 0.717) is 60.3 Å². The average molecular weight is 433 g/mol. The molecule has 0 bridgehead atoms. The fraction of sp³-hybridized carbons (Fsp3) is 0.250. The normalized spacial score (nSPS) is 10.9. The predicted molar refractivity (Wildman–Crippen MR) is 121 cm³/mol. The largest absolute Gasteiger partial charge is 0.493 e. The second kappa shape index (κ2) is 10.0. The van der Waals surface area contributed by atoms with Crippen LogP contribution in [0.25, 0.3) is 21.9 Å². The van der Waals surface area contributed by atoms with Gasteiger partial charge in [-0.15, -0.1) is 0 Å². The van der Waals surface area contributed by atoms with Crippen molar-refractivity contribution in [3.63, 3.8) is 0 Å². The van der Waals surface area contributed by atoms with Crippen LogP contribution in [0.15, 0.2) is 53.3 Å². The van der Waals surface area contributed by atoms with Crippen molar-refractivity contribution in [3.05, 3.63) is 54.4 Å². The van der Waals surface area contributed by atoms with Gasteiger partial charge in [0.2, 0.25) is 0 Å². The molecule has 0 aliphatic heterocycles. The van der Waals surface area contributed by atoms with E-state index in [0.717, 1.165) is 16.5 Å². The molecule has 0 radical (unpaired) electrons. The number of nitrogens with zero attached hydrogens (tertiary/aromatic N) is 2. The first-order chi connectivity index (χ1) is 15.7. The van der Waals surface area contributed by atoms with E-state index >= 15 is 0 Å². The molecule has 32 heavy (non-hydrogen) atoms. The van der Waals surface area contributed by atoms with Crippen molar-refractivity contribution in [2.75, 3.05) is 46.0 Å². The summed E-state index contributed by atoms with van der Waals surface area (Å²) < 4.78 is 27.4. The van der Waals surface area contributed by atoms with Crippen LogP contribution in [0.4, 0.5) is 11.4 Å². The van der Waals surface area contributed by atoms with Crippen LogP contribution < -0.4 is 14.8 Å². The number of fused-ring (bicyclic) bond motifs is 2. The van der Waals surface area contributed by atoms with Crippen molar-refractivity contribution in [1.82, 2.24) is 4.98 Å². The molecule has 0 fully saturated rings. The average Bonchev–Trinajstić information content (AvgIpc) is 3.31. The summed E-state index contributed by atoms with van der Waals surface area (Å²) in [4.78, 5) is 4.44. The van der Waals surface area contributed by atoms with Gasteiger partial charge in [0.15, 0.2) is 17.1 Å². The van der Waals surface area contributed by atoms with Gasteiger partial charge < -0.3 is 28.7 Å². The van der Waals surface area contributed by atoms with Gasteiger partial charge in [0.05, 0.1) is 55.6 Å². The molecule has 0 spiro atoms. The molecule has 0 amide bonds. The lowest BCUT2D eigenvalue weighted by Gasteiger charge is -2.15. The molecule has 0 saturated heterocycles. The minimum Gasteiger partial charge on any atom is -0.493 e. The zero-order chi connectivity index (χ0) is 22.3. The maximum Gasteiger partial charge on any atom is 0.163 e. The number of ether oxygens (including phenoxy) is 4. The lowest BCUT2D eigenvalue weighted by molar-refractivity contribution is 0.0540. The number of nitrogens with one attached hydrogen (secondary N) is 1. The lowest BCUT2D eigenvalue weighted by Crippen LogP contribution is -2.10. The Balaban J connectivity index is 1.67. The number of nitriles is 1. The third kappa shape index (κ3) is 4.44. The summed E-state index contributed by atoms with van der Waals surface area (Å²) in [6.07, 6.45) is 3.17. The molecule has 2 aromatic carbocycles. The van der Waals surface area contributed by atoms with Gasteiger partial charge in [-0.2, -0.15) is 5.26 Å². The molecule has 8 heteroatoms. The third-order valence-electron chi connectivity index (χ3n) is 4.93. The molecule has 0 saturated carbocycles. The van der Waals surface area contributed by atoms with Crippen molar-refractivity contribution in [1.29, 1.82) is 5.26 Å². The number of hydrogen-bond donors (Lipinski definition) is 1. The van der Waals surface area contributed by atoms with Crippen LogP contribution in [0.5, 0.6) is 11.5 Å². The van der Waals surface area contributed by atoms with Crippen LogP contribution in [0.3, 0.4) is 0 Å². The molecule has 1 N–H and O–H groups in total. The predicted octanol–water partition coefficient (Wildman–Crippen LogP) is 4.65. The highest BCUT2D eigenvalue weighted by atomic mass is 16.5. The van der Waals surface area contributed by atoms with Crippen LogP contribution in [0.1, 0.15) is 5.56 Å². The number of methoxy groups -OCH3 is 2. The number of pyridine rings is 1. The summed E-state index contributed by atoms with van der Waals surface area (Å²) in [7, 11) is 3.20. The summed E-state index contributed by atoms with van der Waals surface area (Å²) in [6.45, 7) is 1.81. The van der Waals surface area contributed by atoms with E-state index in [4.69, 9.17) is 23.4 Å². The molecule has 0 unspecified atom stereocenters. The lowest BCUT2D eigenvalue weighted by atomic mass is 10.1. The van der Waals surface area contributed by atoms with Crippen LogP contribution in [0.2, 0.25) is 0 Å². The Bertz CT molecular complexity index is 1260. The third-order valence-corrected chi connectivity index (χ3v) is 4.93. The van der Waals surface area contributed by atoms with E-state index in [9.17, 15) is 5.26 Å². The summed E-state index contributed by atoms with van der Waals surface area (Å²) in [5.41, 5.74) is 3.15. The molecule has 4 rings (SSSR count). The standard InChI is InChI=1S/C24H23N3O5/c1-28-8-9-30-10-11-31-22-13-20-18(12-21(22)29-2)23(17(14-25)15-26-20)27-19-5-3-4-16-6-7-32-24(16)19/h3-7,12-13,15H,8-11H2,1-2H3,(H,26,27). The highest BCUT2D eigenvalue weighted by Gasteiger charge is 2.16. The molecule has 164 valence electrons. The van der Waals surface area contributed by atoms with Crippen molar-refractivity contribution in [2.24, 2.45) is 0 Å². The quantitative estimate of drug-likeness (QED) is 0.361. The fourth-order valence-electron chi connectivity index (χ4n) is 3.37. The molecule has 0 aliphatic carbocycles. The Labute approximate surface area is 185 Å². The molecule has 0 atom stereocenters. The number of aromatic nitrogens is 1. The van der Waals surface area contributed by atoms with Gasteiger partial charge >= 0.3 is 0 Å². The summed E-state index contributed by atoms with van der Waals surface area (Å²) in [5, 5.41) is 14.7. The van der Waals surface area contributed by atoms with Gasteiger partial charge in [-0.05, 0) is 18.2 Å². The smallest absolute Gasteiger partial charge is 0.163 e. The zero-order valence-electron chi connectivity index (χ0n) is 17.9. The van der Waals surface area contributed by atoms with Crippen LogP contribution in [0, 0.1) is 11.3 Å². The minimum absolute atomic E-state index is 0.355. The SMILES string of the molecule is COCCOCCOc1cc2ncc(C#N)c(Nc3cccc4ccoc34)c2cc1OC. The minimum atomic E-state index is 0.355. The summed E-state index contributed by atoms with van der Waals surface area (Å²) in [5.74, 6) is 1.08. The summed E-state index contributed by atoms with van der Waals surface area (Å²) >= 11 is 0. The van der Waals surface area contributed by atoms with Crippen LogP contribution in [-0.4, -0.2) is 45.6 Å². The number of benzene rings is 2. The first kappa shape index (κ1) is 21.4. The number of para-hydroxylation sites is 1. The maximum atomic E-state index is 9.68. The van der Waals surface area contributed by atoms with Crippen LogP contribution in [-0.2, 0) is 9.47 Å². The number of furan rings is 1. The van der Waals surface area contributed by atoms with E-state index in [1.807, 2.05) is 30.3 Å². The molecular formula is C24H23N3O5.